The first-order valence-electron chi connectivity index (χ1n) is 6.87. The molecule has 1 aromatic rings. The summed E-state index contributed by atoms with van der Waals surface area (Å²) in [4.78, 5) is 0.343. The van der Waals surface area contributed by atoms with Crippen LogP contribution in [0.1, 0.15) is 24.9 Å². The van der Waals surface area contributed by atoms with Crippen LogP contribution in [0.25, 0.3) is 0 Å². The summed E-state index contributed by atoms with van der Waals surface area (Å²) in [6.45, 7) is 2.59. The predicted molar refractivity (Wildman–Crippen MR) is 84.5 cm³/mol. The Morgan fingerprint density at radius 3 is 2.60 bits per heavy atom. The van der Waals surface area contributed by atoms with Crippen LogP contribution in [0.2, 0.25) is 0 Å². The van der Waals surface area contributed by atoms with Gasteiger partial charge in [-0.1, -0.05) is 12.1 Å². The second-order valence-corrected chi connectivity index (χ2v) is 8.08. The molecule has 6 heteroatoms. The zero-order chi connectivity index (χ0) is 14.6. The Morgan fingerprint density at radius 1 is 1.35 bits per heavy atom. The van der Waals surface area contributed by atoms with E-state index in [-0.39, 0.29) is 6.04 Å². The molecule has 20 heavy (non-hydrogen) atoms. The van der Waals surface area contributed by atoms with Crippen molar-refractivity contribution in [3.63, 3.8) is 0 Å². The molecule has 2 N–H and O–H groups in total. The molecule has 2 rings (SSSR count). The van der Waals surface area contributed by atoms with Crippen LogP contribution in [0.4, 0.5) is 0 Å². The highest BCUT2D eigenvalue weighted by atomic mass is 32.2. The van der Waals surface area contributed by atoms with Crippen LogP contribution < -0.4 is 10.0 Å². The van der Waals surface area contributed by atoms with Crippen LogP contribution >= 0.6 is 11.8 Å². The lowest BCUT2D eigenvalue weighted by Gasteiger charge is -2.13. The number of thioether (sulfide) groups is 1. The van der Waals surface area contributed by atoms with Gasteiger partial charge in [0.05, 0.1) is 4.90 Å². The number of nitrogens with one attached hydrogen (secondary N) is 2. The Kier molecular flexibility index (Phi) is 5.49. The van der Waals surface area contributed by atoms with E-state index < -0.39 is 10.0 Å². The second kappa shape index (κ2) is 6.93. The minimum Gasteiger partial charge on any atom is -0.313 e. The smallest absolute Gasteiger partial charge is 0.240 e. The van der Waals surface area contributed by atoms with Crippen LogP contribution in [0.15, 0.2) is 29.2 Å². The number of hydrogen-bond donors (Lipinski definition) is 2. The fourth-order valence-electron chi connectivity index (χ4n) is 2.16. The molecule has 1 saturated heterocycles. The number of hydrogen-bond acceptors (Lipinski definition) is 4. The highest BCUT2D eigenvalue weighted by Crippen LogP contribution is 2.23. The highest BCUT2D eigenvalue weighted by molar-refractivity contribution is 7.99. The van der Waals surface area contributed by atoms with Gasteiger partial charge < -0.3 is 5.32 Å². The van der Waals surface area contributed by atoms with Crippen LogP contribution in [-0.2, 0) is 10.0 Å². The molecule has 2 unspecified atom stereocenters. The van der Waals surface area contributed by atoms with Crippen LogP contribution in [-0.4, -0.2) is 33.5 Å². The van der Waals surface area contributed by atoms with Gasteiger partial charge in [0.1, 0.15) is 0 Å². The van der Waals surface area contributed by atoms with Crippen LogP contribution in [0.5, 0.6) is 0 Å². The summed E-state index contributed by atoms with van der Waals surface area (Å²) in [7, 11) is -1.49. The summed E-state index contributed by atoms with van der Waals surface area (Å²) in [5.41, 5.74) is 1.08. The van der Waals surface area contributed by atoms with E-state index in [9.17, 15) is 8.42 Å². The van der Waals surface area contributed by atoms with Gasteiger partial charge in [-0.25, -0.2) is 13.1 Å². The predicted octanol–water partition coefficient (Wildman–Crippen LogP) is 2.00. The second-order valence-electron chi connectivity index (χ2n) is 5.16. The van der Waals surface area contributed by atoms with Crippen molar-refractivity contribution in [1.29, 1.82) is 0 Å². The first-order chi connectivity index (χ1) is 9.53. The average molecular weight is 314 g/mol. The van der Waals surface area contributed by atoms with Gasteiger partial charge in [0.2, 0.25) is 10.0 Å². The van der Waals surface area contributed by atoms with Gasteiger partial charge in [-0.15, -0.1) is 0 Å². The number of sulfonamides is 1. The maximum Gasteiger partial charge on any atom is 0.240 e. The Labute approximate surface area is 125 Å². The maximum atomic E-state index is 12.2. The maximum absolute atomic E-state index is 12.2. The Morgan fingerprint density at radius 2 is 2.05 bits per heavy atom. The molecule has 0 aromatic heterocycles. The summed E-state index contributed by atoms with van der Waals surface area (Å²) >= 11 is 1.89. The average Bonchev–Trinajstić information content (AvgIpc) is 2.98. The van der Waals surface area contributed by atoms with E-state index in [2.05, 4.69) is 10.0 Å². The molecular weight excluding hydrogens is 292 g/mol. The summed E-state index contributed by atoms with van der Waals surface area (Å²) in [5.74, 6) is 2.67. The normalized spacial score (nSPS) is 21.0. The first kappa shape index (κ1) is 15.8. The molecule has 1 fully saturated rings. The molecule has 1 aliphatic rings. The van der Waals surface area contributed by atoms with E-state index in [1.807, 2.05) is 37.9 Å². The van der Waals surface area contributed by atoms with Crippen molar-refractivity contribution in [1.82, 2.24) is 10.0 Å². The van der Waals surface area contributed by atoms with Gasteiger partial charge in [0.25, 0.3) is 0 Å². The van der Waals surface area contributed by atoms with Gasteiger partial charge >= 0.3 is 0 Å². The monoisotopic (exact) mass is 314 g/mol. The Hall–Kier alpha value is -0.560. The fourth-order valence-corrected chi connectivity index (χ4v) is 4.56. The molecule has 0 saturated carbocycles. The standard InChI is InChI=1S/C14H22N2O2S2/c1-11(15-2)13-3-5-14(6-4-13)20(17,18)16-9-12-7-8-19-10-12/h3-6,11-12,15-16H,7-10H2,1-2H3. The van der Waals surface area contributed by atoms with Crippen molar-refractivity contribution in [2.45, 2.75) is 24.3 Å². The van der Waals surface area contributed by atoms with Gasteiger partial charge in [-0.05, 0) is 55.5 Å². The summed E-state index contributed by atoms with van der Waals surface area (Å²) < 4.78 is 27.1. The molecule has 1 aromatic carbocycles. The minimum absolute atomic E-state index is 0.218. The van der Waals surface area contributed by atoms with Crippen molar-refractivity contribution >= 4 is 21.8 Å². The topological polar surface area (TPSA) is 58.2 Å². The van der Waals surface area contributed by atoms with Gasteiger partial charge in [0, 0.05) is 12.6 Å². The SMILES string of the molecule is CNC(C)c1ccc(S(=O)(=O)NCC2CCSC2)cc1. The molecule has 1 aliphatic heterocycles. The van der Waals surface area contributed by atoms with Crippen molar-refractivity contribution < 1.29 is 8.42 Å². The molecule has 1 heterocycles. The lowest BCUT2D eigenvalue weighted by atomic mass is 10.1. The summed E-state index contributed by atoms with van der Waals surface area (Å²) in [5, 5.41) is 3.13. The highest BCUT2D eigenvalue weighted by Gasteiger charge is 2.20. The van der Waals surface area contributed by atoms with Gasteiger partial charge in [-0.2, -0.15) is 11.8 Å². The molecule has 2 atom stereocenters. The van der Waals surface area contributed by atoms with E-state index in [0.717, 1.165) is 23.5 Å². The lowest BCUT2D eigenvalue weighted by molar-refractivity contribution is 0.545. The van der Waals surface area contributed by atoms with Crippen molar-refractivity contribution in [3.05, 3.63) is 29.8 Å². The van der Waals surface area contributed by atoms with Gasteiger partial charge in [0.15, 0.2) is 0 Å². The molecule has 0 amide bonds. The van der Waals surface area contributed by atoms with Crippen LogP contribution in [0, 0.1) is 5.92 Å². The van der Waals surface area contributed by atoms with Crippen LogP contribution in [0.3, 0.4) is 0 Å². The molecule has 0 radical (unpaired) electrons. The third-order valence-corrected chi connectivity index (χ3v) is 6.38. The largest absolute Gasteiger partial charge is 0.313 e. The Balaban J connectivity index is 2.01. The zero-order valence-electron chi connectivity index (χ0n) is 11.9. The molecule has 0 spiro atoms. The van der Waals surface area contributed by atoms with E-state index in [4.69, 9.17) is 0 Å². The lowest BCUT2D eigenvalue weighted by Crippen LogP contribution is -2.29. The summed E-state index contributed by atoms with van der Waals surface area (Å²) in [6.07, 6.45) is 1.10. The molecule has 0 bridgehead atoms. The van der Waals surface area contributed by atoms with E-state index >= 15 is 0 Å². The molecule has 4 nitrogen and oxygen atoms in total. The van der Waals surface area contributed by atoms with Crippen molar-refractivity contribution in [2.75, 3.05) is 25.1 Å². The molecule has 112 valence electrons. The molecule has 0 aliphatic carbocycles. The number of rotatable bonds is 6. The first-order valence-corrected chi connectivity index (χ1v) is 9.51. The zero-order valence-corrected chi connectivity index (χ0v) is 13.6. The third kappa shape index (κ3) is 3.97. The van der Waals surface area contributed by atoms with E-state index in [1.54, 1.807) is 12.1 Å². The number of benzene rings is 1. The van der Waals surface area contributed by atoms with Gasteiger partial charge in [-0.3, -0.25) is 0 Å². The van der Waals surface area contributed by atoms with Crippen molar-refractivity contribution in [2.24, 2.45) is 5.92 Å². The van der Waals surface area contributed by atoms with Crippen molar-refractivity contribution in [3.8, 4) is 0 Å². The van der Waals surface area contributed by atoms with E-state index in [1.165, 1.54) is 0 Å². The van der Waals surface area contributed by atoms with E-state index in [0.29, 0.717) is 17.4 Å². The fraction of sp³-hybridized carbons (Fsp3) is 0.571. The Bertz CT molecular complexity index is 523. The summed E-state index contributed by atoms with van der Waals surface area (Å²) in [6, 6.07) is 7.29. The quantitative estimate of drug-likeness (QED) is 0.843. The third-order valence-electron chi connectivity index (χ3n) is 3.71. The minimum atomic E-state index is -3.38. The molecular formula is C14H22N2O2S2.